The van der Waals surface area contributed by atoms with Crippen molar-refractivity contribution < 1.29 is 34.3 Å². The van der Waals surface area contributed by atoms with Crippen molar-refractivity contribution in [3.8, 4) is 0 Å². The number of carboxylic acids is 1. The van der Waals surface area contributed by atoms with Crippen molar-refractivity contribution in [3.05, 3.63) is 12.3 Å². The maximum absolute atomic E-state index is 9.89. The number of carboxylic acid groups (broad SMARTS) is 1. The first kappa shape index (κ1) is 18.0. The second kappa shape index (κ2) is 6.62. The van der Waals surface area contributed by atoms with Crippen molar-refractivity contribution in [2.45, 2.75) is 0 Å². The number of rotatable bonds is 3. The molecule has 0 unspecified atom stereocenters. The Bertz CT molecular complexity index is 207. The first-order valence-electron chi connectivity index (χ1n) is 2.00. The van der Waals surface area contributed by atoms with Crippen molar-refractivity contribution in [2.75, 3.05) is 0 Å². The van der Waals surface area contributed by atoms with E-state index in [2.05, 4.69) is 11.1 Å². The molecule has 0 aromatic carbocycles. The van der Waals surface area contributed by atoms with Gasteiger partial charge in [0.1, 0.15) is 0 Å². The summed E-state index contributed by atoms with van der Waals surface area (Å²) in [6, 6.07) is 0. The summed E-state index contributed by atoms with van der Waals surface area (Å²) < 4.78 is 13.5. The SMILES string of the molecule is C=C(OP(=O)(O)O)C(=O)O.O.[Na]. The summed E-state index contributed by atoms with van der Waals surface area (Å²) in [5.41, 5.74) is 0. The molecule has 0 saturated carbocycles. The summed E-state index contributed by atoms with van der Waals surface area (Å²) in [6.45, 7) is 2.73. The van der Waals surface area contributed by atoms with Crippen LogP contribution in [0.25, 0.3) is 0 Å². The van der Waals surface area contributed by atoms with Crippen LogP contribution in [-0.4, -0.2) is 55.9 Å². The number of phosphoric acid groups is 1. The van der Waals surface area contributed by atoms with E-state index in [9.17, 15) is 9.36 Å². The van der Waals surface area contributed by atoms with Crippen LogP contribution in [0.1, 0.15) is 0 Å². The van der Waals surface area contributed by atoms with E-state index in [1.54, 1.807) is 0 Å². The van der Waals surface area contributed by atoms with Gasteiger partial charge in [-0.3, -0.25) is 9.79 Å². The van der Waals surface area contributed by atoms with Crippen molar-refractivity contribution in [3.63, 3.8) is 0 Å². The summed E-state index contributed by atoms with van der Waals surface area (Å²) in [5, 5.41) is 7.98. The molecule has 0 aromatic rings. The van der Waals surface area contributed by atoms with Gasteiger partial charge in [0.25, 0.3) is 0 Å². The second-order valence-corrected chi connectivity index (χ2v) is 2.47. The molecule has 0 aromatic heterocycles. The molecule has 1 radical (unpaired) electrons. The molecule has 0 spiro atoms. The minimum atomic E-state index is -4.76. The third-order valence-electron chi connectivity index (χ3n) is 0.468. The van der Waals surface area contributed by atoms with Crippen LogP contribution in [0.2, 0.25) is 0 Å². The van der Waals surface area contributed by atoms with Crippen molar-refractivity contribution in [2.24, 2.45) is 0 Å². The van der Waals surface area contributed by atoms with Crippen LogP contribution in [0.5, 0.6) is 0 Å². The molecular weight excluding hydrogens is 202 g/mol. The van der Waals surface area contributed by atoms with Crippen LogP contribution in [-0.2, 0) is 13.9 Å². The van der Waals surface area contributed by atoms with Gasteiger partial charge in [-0.2, -0.15) is 0 Å². The van der Waals surface area contributed by atoms with Crippen LogP contribution in [0.15, 0.2) is 12.3 Å². The van der Waals surface area contributed by atoms with Crippen molar-refractivity contribution >= 4 is 43.3 Å². The molecule has 0 aliphatic carbocycles. The van der Waals surface area contributed by atoms with E-state index in [4.69, 9.17) is 14.9 Å². The van der Waals surface area contributed by atoms with E-state index in [1.165, 1.54) is 0 Å². The van der Waals surface area contributed by atoms with Crippen LogP contribution < -0.4 is 0 Å². The predicted octanol–water partition coefficient (Wildman–Crippen LogP) is -1.51. The Morgan fingerprint density at radius 1 is 1.42 bits per heavy atom. The zero-order chi connectivity index (χ0) is 8.36. The average molecular weight is 209 g/mol. The van der Waals surface area contributed by atoms with Gasteiger partial charge < -0.3 is 15.1 Å². The third kappa shape index (κ3) is 10.1. The van der Waals surface area contributed by atoms with Crippen LogP contribution in [0, 0.1) is 0 Å². The van der Waals surface area contributed by atoms with Gasteiger partial charge in [-0.05, 0) is 6.58 Å². The molecule has 9 heteroatoms. The molecule has 0 aliphatic rings. The standard InChI is InChI=1S/C3H5O6P.Na.H2O/c1-2(3(4)5)9-10(6,7)8;;/h1H2,(H,4,5)(H2,6,7,8);;1H2. The fourth-order valence-corrected chi connectivity index (χ4v) is 0.548. The Hall–Kier alpha value is 0.120. The Balaban J connectivity index is -0.000000405. The average Bonchev–Trinajstić information content (AvgIpc) is 1.60. The predicted molar refractivity (Wildman–Crippen MR) is 39.3 cm³/mol. The van der Waals surface area contributed by atoms with Gasteiger partial charge in [0, 0.05) is 29.6 Å². The zero-order valence-electron chi connectivity index (χ0n) is 6.22. The normalized spacial score (nSPS) is 8.83. The van der Waals surface area contributed by atoms with Crippen LogP contribution >= 0.6 is 7.82 Å². The van der Waals surface area contributed by atoms with Gasteiger partial charge in [0.05, 0.1) is 0 Å². The Labute approximate surface area is 89.9 Å². The van der Waals surface area contributed by atoms with E-state index in [0.717, 1.165) is 0 Å². The molecule has 7 nitrogen and oxygen atoms in total. The fraction of sp³-hybridized carbons (Fsp3) is 0. The molecule has 0 rings (SSSR count). The molecule has 0 saturated heterocycles. The Morgan fingerprint density at radius 3 is 1.83 bits per heavy atom. The number of phosphoric ester groups is 1. The van der Waals surface area contributed by atoms with Gasteiger partial charge in [-0.15, -0.1) is 0 Å². The van der Waals surface area contributed by atoms with E-state index in [1.807, 2.05) is 0 Å². The van der Waals surface area contributed by atoms with Gasteiger partial charge in [0.15, 0.2) is 0 Å². The molecule has 0 amide bonds. The van der Waals surface area contributed by atoms with Crippen molar-refractivity contribution in [1.29, 1.82) is 0 Å². The second-order valence-electron chi connectivity index (χ2n) is 1.31. The van der Waals surface area contributed by atoms with Gasteiger partial charge in [-0.1, -0.05) is 0 Å². The number of carbonyl (C=O) groups is 1. The molecule has 12 heavy (non-hydrogen) atoms. The summed E-state index contributed by atoms with van der Waals surface area (Å²) in [4.78, 5) is 25.8. The number of hydrogen-bond acceptors (Lipinski definition) is 3. The quantitative estimate of drug-likeness (QED) is 0.223. The molecule has 0 aliphatic heterocycles. The van der Waals surface area contributed by atoms with E-state index in [0.29, 0.717) is 0 Å². The number of hydrogen-bond donors (Lipinski definition) is 3. The molecule has 5 N–H and O–H groups in total. The Kier molecular flexibility index (Phi) is 9.93. The fourth-order valence-electron chi connectivity index (χ4n) is 0.183. The van der Waals surface area contributed by atoms with Crippen LogP contribution in [0.3, 0.4) is 0 Å². The molecular formula is C3H7NaO7P. The molecule has 0 bridgehead atoms. The molecule has 67 valence electrons. The largest absolute Gasteiger partial charge is 0.525 e. The summed E-state index contributed by atoms with van der Waals surface area (Å²) in [6.07, 6.45) is 0. The number of aliphatic carboxylic acids is 1. The van der Waals surface area contributed by atoms with Crippen LogP contribution in [0.4, 0.5) is 0 Å². The molecule has 0 fully saturated rings. The zero-order valence-corrected chi connectivity index (χ0v) is 9.12. The molecule has 0 heterocycles. The monoisotopic (exact) mass is 209 g/mol. The first-order chi connectivity index (χ1) is 4.33. The summed E-state index contributed by atoms with van der Waals surface area (Å²) >= 11 is 0. The summed E-state index contributed by atoms with van der Waals surface area (Å²) in [5.74, 6) is -2.59. The van der Waals surface area contributed by atoms with E-state index in [-0.39, 0.29) is 35.0 Å². The third-order valence-corrected chi connectivity index (χ3v) is 0.926. The molecule has 0 atom stereocenters. The maximum atomic E-state index is 9.89. The smallest absolute Gasteiger partial charge is 0.475 e. The van der Waals surface area contributed by atoms with E-state index >= 15 is 0 Å². The van der Waals surface area contributed by atoms with E-state index < -0.39 is 19.6 Å². The maximum Gasteiger partial charge on any atom is 0.525 e. The first-order valence-corrected chi connectivity index (χ1v) is 3.53. The Morgan fingerprint density at radius 2 is 1.75 bits per heavy atom. The minimum Gasteiger partial charge on any atom is -0.475 e. The van der Waals surface area contributed by atoms with Crippen molar-refractivity contribution in [1.82, 2.24) is 0 Å². The van der Waals surface area contributed by atoms with Gasteiger partial charge in [0.2, 0.25) is 5.76 Å². The summed E-state index contributed by atoms with van der Waals surface area (Å²) in [7, 11) is -4.76. The van der Waals surface area contributed by atoms with Gasteiger partial charge >= 0.3 is 13.8 Å². The minimum absolute atomic E-state index is 0. The van der Waals surface area contributed by atoms with Gasteiger partial charge in [-0.25, -0.2) is 9.36 Å². The topological polar surface area (TPSA) is 136 Å².